The van der Waals surface area contributed by atoms with E-state index in [-0.39, 0.29) is 11.8 Å². The van der Waals surface area contributed by atoms with Crippen LogP contribution in [0.15, 0.2) is 48.5 Å². The molecule has 0 saturated carbocycles. The molecule has 0 spiro atoms. The van der Waals surface area contributed by atoms with E-state index in [0.717, 1.165) is 12.0 Å². The molecule has 0 aromatic heterocycles. The van der Waals surface area contributed by atoms with Crippen molar-refractivity contribution in [2.24, 2.45) is 0 Å². The fraction of sp³-hybridized carbons (Fsp3) is 0.0667. The van der Waals surface area contributed by atoms with Gasteiger partial charge in [0.1, 0.15) is 0 Å². The third kappa shape index (κ3) is 1.80. The van der Waals surface area contributed by atoms with Gasteiger partial charge in [0.15, 0.2) is 0 Å². The molecule has 0 fully saturated rings. The van der Waals surface area contributed by atoms with Gasteiger partial charge in [-0.3, -0.25) is 14.9 Å². The van der Waals surface area contributed by atoms with E-state index in [2.05, 4.69) is 5.32 Å². The maximum Gasteiger partial charge on any atom is 0.258 e. The first-order valence-electron chi connectivity index (χ1n) is 5.76. The largest absolute Gasteiger partial charge is 0.288 e. The molecular weight excluding hydrogens is 226 g/mol. The maximum absolute atomic E-state index is 11.5. The number of rotatable bonds is 2. The van der Waals surface area contributed by atoms with Crippen LogP contribution in [-0.4, -0.2) is 11.8 Å². The van der Waals surface area contributed by atoms with Crippen LogP contribution in [0.3, 0.4) is 0 Å². The molecule has 1 aliphatic heterocycles. The SMILES string of the molecule is O=C1NC(=O)c2cc(Cc3ccccc3)ccc21. The highest BCUT2D eigenvalue weighted by atomic mass is 16.2. The van der Waals surface area contributed by atoms with Crippen LogP contribution in [0, 0.1) is 0 Å². The molecule has 2 aromatic rings. The third-order valence-corrected chi connectivity index (χ3v) is 3.05. The second kappa shape index (κ2) is 4.11. The molecule has 3 rings (SSSR count). The van der Waals surface area contributed by atoms with Crippen LogP contribution in [0.25, 0.3) is 0 Å². The number of carbonyl (C=O) groups is 2. The van der Waals surface area contributed by atoms with Crippen LogP contribution in [0.1, 0.15) is 31.8 Å². The van der Waals surface area contributed by atoms with Crippen molar-refractivity contribution >= 4 is 11.8 Å². The van der Waals surface area contributed by atoms with E-state index in [1.165, 1.54) is 5.56 Å². The summed E-state index contributed by atoms with van der Waals surface area (Å²) in [5, 5.41) is 2.30. The van der Waals surface area contributed by atoms with Crippen molar-refractivity contribution in [3.8, 4) is 0 Å². The smallest absolute Gasteiger partial charge is 0.258 e. The summed E-state index contributed by atoms with van der Waals surface area (Å²) in [7, 11) is 0. The number of hydrogen-bond acceptors (Lipinski definition) is 2. The number of hydrogen-bond donors (Lipinski definition) is 1. The zero-order chi connectivity index (χ0) is 12.5. The van der Waals surface area contributed by atoms with E-state index < -0.39 is 0 Å². The summed E-state index contributed by atoms with van der Waals surface area (Å²) in [6, 6.07) is 15.4. The lowest BCUT2D eigenvalue weighted by Gasteiger charge is -2.03. The standard InChI is InChI=1S/C15H11NO2/c17-14-12-7-6-11(9-13(12)15(18)16-14)8-10-4-2-1-3-5-10/h1-7,9H,8H2,(H,16,17,18). The van der Waals surface area contributed by atoms with Crippen LogP contribution in [0.2, 0.25) is 0 Å². The topological polar surface area (TPSA) is 46.2 Å². The lowest BCUT2D eigenvalue weighted by Crippen LogP contribution is -2.19. The Morgan fingerprint density at radius 2 is 1.50 bits per heavy atom. The van der Waals surface area contributed by atoms with Crippen LogP contribution in [0.4, 0.5) is 0 Å². The van der Waals surface area contributed by atoms with Gasteiger partial charge in [0, 0.05) is 0 Å². The minimum absolute atomic E-state index is 0.301. The Morgan fingerprint density at radius 3 is 2.28 bits per heavy atom. The minimum atomic E-state index is -0.304. The second-order valence-corrected chi connectivity index (χ2v) is 4.33. The Balaban J connectivity index is 1.94. The molecule has 0 unspecified atom stereocenters. The van der Waals surface area contributed by atoms with Gasteiger partial charge in [-0.05, 0) is 29.7 Å². The summed E-state index contributed by atoms with van der Waals surface area (Å²) in [5.41, 5.74) is 3.16. The third-order valence-electron chi connectivity index (χ3n) is 3.05. The van der Waals surface area contributed by atoms with Crippen LogP contribution < -0.4 is 5.32 Å². The fourth-order valence-electron chi connectivity index (χ4n) is 2.16. The Bertz CT molecular complexity index is 632. The van der Waals surface area contributed by atoms with Crippen molar-refractivity contribution in [1.82, 2.24) is 5.32 Å². The van der Waals surface area contributed by atoms with Crippen molar-refractivity contribution < 1.29 is 9.59 Å². The number of imide groups is 1. The zero-order valence-electron chi connectivity index (χ0n) is 9.64. The van der Waals surface area contributed by atoms with Crippen LogP contribution in [-0.2, 0) is 6.42 Å². The highest BCUT2D eigenvalue weighted by Gasteiger charge is 2.26. The first kappa shape index (κ1) is 10.7. The highest BCUT2D eigenvalue weighted by molar-refractivity contribution is 6.21. The summed E-state index contributed by atoms with van der Waals surface area (Å²) in [5.74, 6) is -0.605. The zero-order valence-corrected chi connectivity index (χ0v) is 9.64. The summed E-state index contributed by atoms with van der Waals surface area (Å²) in [6.07, 6.45) is 0.760. The van der Waals surface area contributed by atoms with Gasteiger partial charge in [0.2, 0.25) is 0 Å². The molecule has 0 saturated heterocycles. The normalized spacial score (nSPS) is 13.3. The molecule has 0 radical (unpaired) electrons. The first-order chi connectivity index (χ1) is 8.74. The molecule has 1 heterocycles. The van der Waals surface area contributed by atoms with E-state index in [4.69, 9.17) is 0 Å². The Hall–Kier alpha value is -2.42. The monoisotopic (exact) mass is 237 g/mol. The van der Waals surface area contributed by atoms with Gasteiger partial charge in [0.05, 0.1) is 11.1 Å². The Kier molecular flexibility index (Phi) is 2.45. The molecule has 0 atom stereocenters. The maximum atomic E-state index is 11.5. The van der Waals surface area contributed by atoms with Crippen molar-refractivity contribution in [1.29, 1.82) is 0 Å². The molecule has 3 nitrogen and oxygen atoms in total. The molecule has 88 valence electrons. The van der Waals surface area contributed by atoms with Gasteiger partial charge < -0.3 is 0 Å². The van der Waals surface area contributed by atoms with E-state index in [1.807, 2.05) is 36.4 Å². The summed E-state index contributed by atoms with van der Waals surface area (Å²) in [6.45, 7) is 0. The van der Waals surface area contributed by atoms with Gasteiger partial charge >= 0.3 is 0 Å². The molecule has 1 N–H and O–H groups in total. The van der Waals surface area contributed by atoms with Gasteiger partial charge in [-0.15, -0.1) is 0 Å². The first-order valence-corrected chi connectivity index (χ1v) is 5.76. The van der Waals surface area contributed by atoms with Crippen molar-refractivity contribution in [2.75, 3.05) is 0 Å². The number of amides is 2. The quantitative estimate of drug-likeness (QED) is 0.813. The number of nitrogens with one attached hydrogen (secondary N) is 1. The molecule has 3 heteroatoms. The van der Waals surface area contributed by atoms with E-state index in [9.17, 15) is 9.59 Å². The van der Waals surface area contributed by atoms with Gasteiger partial charge in [0.25, 0.3) is 11.8 Å². The fourth-order valence-corrected chi connectivity index (χ4v) is 2.16. The number of benzene rings is 2. The number of fused-ring (bicyclic) bond motifs is 1. The van der Waals surface area contributed by atoms with E-state index >= 15 is 0 Å². The molecule has 1 aliphatic rings. The molecule has 2 aromatic carbocycles. The van der Waals surface area contributed by atoms with E-state index in [1.54, 1.807) is 12.1 Å². The van der Waals surface area contributed by atoms with Crippen LogP contribution in [0.5, 0.6) is 0 Å². The predicted molar refractivity (Wildman–Crippen MR) is 67.5 cm³/mol. The lowest BCUT2D eigenvalue weighted by molar-refractivity contribution is 0.0879. The van der Waals surface area contributed by atoms with Gasteiger partial charge in [-0.25, -0.2) is 0 Å². The molecule has 18 heavy (non-hydrogen) atoms. The van der Waals surface area contributed by atoms with E-state index in [0.29, 0.717) is 11.1 Å². The molecule has 0 aliphatic carbocycles. The van der Waals surface area contributed by atoms with Crippen molar-refractivity contribution in [2.45, 2.75) is 6.42 Å². The number of carbonyl (C=O) groups excluding carboxylic acids is 2. The Labute approximate surface area is 104 Å². The summed E-state index contributed by atoms with van der Waals surface area (Å²) in [4.78, 5) is 23.0. The highest BCUT2D eigenvalue weighted by Crippen LogP contribution is 2.19. The second-order valence-electron chi connectivity index (χ2n) is 4.33. The van der Waals surface area contributed by atoms with Gasteiger partial charge in [-0.2, -0.15) is 0 Å². The van der Waals surface area contributed by atoms with Crippen LogP contribution >= 0.6 is 0 Å². The molecular formula is C15H11NO2. The van der Waals surface area contributed by atoms with Crippen molar-refractivity contribution in [3.63, 3.8) is 0 Å². The summed E-state index contributed by atoms with van der Waals surface area (Å²) < 4.78 is 0. The molecule has 2 amide bonds. The summed E-state index contributed by atoms with van der Waals surface area (Å²) >= 11 is 0. The molecule has 0 bridgehead atoms. The van der Waals surface area contributed by atoms with Crippen molar-refractivity contribution in [3.05, 3.63) is 70.8 Å². The predicted octanol–water partition coefficient (Wildman–Crippen LogP) is 2.16. The average Bonchev–Trinajstić information content (AvgIpc) is 2.66. The lowest BCUT2D eigenvalue weighted by atomic mass is 10.0. The average molecular weight is 237 g/mol. The Morgan fingerprint density at radius 1 is 0.778 bits per heavy atom. The minimum Gasteiger partial charge on any atom is -0.288 e. The van der Waals surface area contributed by atoms with Gasteiger partial charge in [-0.1, -0.05) is 36.4 Å².